The monoisotopic (exact) mass is 525 g/mol. The van der Waals surface area contributed by atoms with E-state index in [0.717, 1.165) is 11.1 Å². The van der Waals surface area contributed by atoms with E-state index in [9.17, 15) is 22.4 Å². The first-order valence-electron chi connectivity index (χ1n) is 11.5. The van der Waals surface area contributed by atoms with Crippen LogP contribution in [0, 0.1) is 12.7 Å². The first-order chi connectivity index (χ1) is 18.2. The van der Waals surface area contributed by atoms with Crippen molar-refractivity contribution in [3.63, 3.8) is 0 Å². The van der Waals surface area contributed by atoms with Gasteiger partial charge >= 0.3 is 12.2 Å². The van der Waals surface area contributed by atoms with Gasteiger partial charge in [-0.05, 0) is 47.9 Å². The minimum atomic E-state index is -4.58. The molecular weight excluding hydrogens is 502 g/mol. The molecule has 196 valence electrons. The lowest BCUT2D eigenvalue weighted by Gasteiger charge is -2.14. The van der Waals surface area contributed by atoms with Gasteiger partial charge in [0, 0.05) is 24.2 Å². The molecule has 0 aliphatic heterocycles. The van der Waals surface area contributed by atoms with Gasteiger partial charge in [-0.15, -0.1) is 0 Å². The number of amides is 1. The molecule has 0 unspecified atom stereocenters. The largest absolute Gasteiger partial charge is 0.454 e. The average molecular weight is 526 g/mol. The van der Waals surface area contributed by atoms with Crippen molar-refractivity contribution in [1.82, 2.24) is 20.3 Å². The van der Waals surface area contributed by atoms with E-state index in [1.54, 1.807) is 55.5 Å². The van der Waals surface area contributed by atoms with Crippen LogP contribution >= 0.6 is 0 Å². The summed E-state index contributed by atoms with van der Waals surface area (Å²) in [6.07, 6.45) is -4.58. The summed E-state index contributed by atoms with van der Waals surface area (Å²) >= 11 is 0. The topological polar surface area (TPSA) is 89.0 Å². The van der Waals surface area contributed by atoms with E-state index in [-0.39, 0.29) is 30.8 Å². The molecule has 0 saturated carbocycles. The molecule has 0 aliphatic rings. The highest BCUT2D eigenvalue weighted by molar-refractivity contribution is 5.94. The van der Waals surface area contributed by atoms with Gasteiger partial charge in [-0.2, -0.15) is 28.1 Å². The van der Waals surface area contributed by atoms with E-state index in [2.05, 4.69) is 25.6 Å². The van der Waals surface area contributed by atoms with E-state index in [1.807, 2.05) is 12.1 Å². The van der Waals surface area contributed by atoms with E-state index in [0.29, 0.717) is 16.7 Å². The maximum Gasteiger partial charge on any atom is 0.422 e. The van der Waals surface area contributed by atoms with Gasteiger partial charge in [0.1, 0.15) is 5.82 Å². The van der Waals surface area contributed by atoms with Crippen molar-refractivity contribution in [2.75, 3.05) is 11.9 Å². The standard InChI is InChI=1S/C27H23F4N5O2/c1-17-20(15-32-24(37)19-6-3-2-4-7-19)8-5-9-22(17)23-34-25(33-14-18-10-12-21(28)13-11-18)36-26(35-23)38-16-27(29,30)31/h2-13H,14-16H2,1H3,(H,32,37)(H,33,34,35,36). The first-order valence-corrected chi connectivity index (χ1v) is 11.5. The number of ether oxygens (including phenoxy) is 1. The zero-order chi connectivity index (χ0) is 27.1. The molecule has 3 aromatic carbocycles. The molecule has 0 fully saturated rings. The van der Waals surface area contributed by atoms with Crippen molar-refractivity contribution in [2.24, 2.45) is 0 Å². The highest BCUT2D eigenvalue weighted by Gasteiger charge is 2.29. The van der Waals surface area contributed by atoms with Crippen LogP contribution in [0.2, 0.25) is 0 Å². The number of hydrogen-bond acceptors (Lipinski definition) is 6. The van der Waals surface area contributed by atoms with Crippen LogP contribution in [-0.2, 0) is 13.1 Å². The molecule has 1 amide bonds. The molecule has 0 aliphatic carbocycles. The maximum atomic E-state index is 13.2. The number of aromatic nitrogens is 3. The lowest BCUT2D eigenvalue weighted by Crippen LogP contribution is -2.23. The summed E-state index contributed by atoms with van der Waals surface area (Å²) < 4.78 is 56.3. The second-order valence-electron chi connectivity index (χ2n) is 8.29. The highest BCUT2D eigenvalue weighted by Crippen LogP contribution is 2.26. The summed E-state index contributed by atoms with van der Waals surface area (Å²) in [5.41, 5.74) is 3.24. The Balaban J connectivity index is 1.58. The molecule has 4 rings (SSSR count). The number of nitrogens with one attached hydrogen (secondary N) is 2. The molecule has 2 N–H and O–H groups in total. The first kappa shape index (κ1) is 26.5. The second kappa shape index (κ2) is 11.7. The Morgan fingerprint density at radius 1 is 0.895 bits per heavy atom. The zero-order valence-electron chi connectivity index (χ0n) is 20.2. The van der Waals surface area contributed by atoms with E-state index in [4.69, 9.17) is 4.74 Å². The summed E-state index contributed by atoms with van der Waals surface area (Å²) in [4.78, 5) is 24.9. The average Bonchev–Trinajstić information content (AvgIpc) is 2.91. The van der Waals surface area contributed by atoms with Crippen LogP contribution in [0.3, 0.4) is 0 Å². The van der Waals surface area contributed by atoms with Crippen LogP contribution in [0.25, 0.3) is 11.4 Å². The van der Waals surface area contributed by atoms with Gasteiger partial charge in [0.05, 0.1) is 0 Å². The van der Waals surface area contributed by atoms with E-state index in [1.165, 1.54) is 12.1 Å². The Bertz CT molecular complexity index is 1400. The molecule has 1 heterocycles. The Kier molecular flexibility index (Phi) is 8.15. The predicted molar refractivity (Wildman–Crippen MR) is 133 cm³/mol. The third-order valence-electron chi connectivity index (χ3n) is 5.51. The molecule has 0 radical (unpaired) electrons. The predicted octanol–water partition coefficient (Wildman–Crippen LogP) is 5.47. The number of carbonyl (C=O) groups excluding carboxylic acids is 1. The Hall–Kier alpha value is -4.54. The molecule has 7 nitrogen and oxygen atoms in total. The smallest absolute Gasteiger partial charge is 0.422 e. The maximum absolute atomic E-state index is 13.2. The fraction of sp³-hybridized carbons (Fsp3) is 0.185. The van der Waals surface area contributed by atoms with Crippen molar-refractivity contribution in [2.45, 2.75) is 26.2 Å². The van der Waals surface area contributed by atoms with Crippen LogP contribution in [0.5, 0.6) is 6.01 Å². The van der Waals surface area contributed by atoms with Crippen LogP contribution in [0.1, 0.15) is 27.0 Å². The van der Waals surface area contributed by atoms with Crippen molar-refractivity contribution in [1.29, 1.82) is 0 Å². The SMILES string of the molecule is Cc1c(CNC(=O)c2ccccc2)cccc1-c1nc(NCc2ccc(F)cc2)nc(OCC(F)(F)F)n1. The lowest BCUT2D eigenvalue weighted by atomic mass is 10.0. The summed E-state index contributed by atoms with van der Waals surface area (Å²) in [7, 11) is 0. The molecule has 1 aromatic heterocycles. The van der Waals surface area contributed by atoms with Crippen molar-refractivity contribution >= 4 is 11.9 Å². The van der Waals surface area contributed by atoms with Gasteiger partial charge in [0.25, 0.3) is 5.91 Å². The molecule has 11 heteroatoms. The van der Waals surface area contributed by atoms with Crippen LogP contribution < -0.4 is 15.4 Å². The molecule has 4 aromatic rings. The number of hydrogen-bond donors (Lipinski definition) is 2. The molecule has 0 bridgehead atoms. The van der Waals surface area contributed by atoms with Gasteiger partial charge in [-0.25, -0.2) is 4.39 Å². The van der Waals surface area contributed by atoms with Gasteiger partial charge in [-0.3, -0.25) is 4.79 Å². The summed E-state index contributed by atoms with van der Waals surface area (Å²) in [5, 5.41) is 5.77. The number of rotatable bonds is 9. The zero-order valence-corrected chi connectivity index (χ0v) is 20.2. The van der Waals surface area contributed by atoms with E-state index >= 15 is 0 Å². The number of benzene rings is 3. The van der Waals surface area contributed by atoms with Gasteiger partial charge in [0.2, 0.25) is 5.95 Å². The molecule has 0 saturated heterocycles. The van der Waals surface area contributed by atoms with E-state index < -0.39 is 24.6 Å². The summed E-state index contributed by atoms with van der Waals surface area (Å²) in [6.45, 7) is 0.627. The number of anilines is 1. The van der Waals surface area contributed by atoms with Gasteiger partial charge < -0.3 is 15.4 Å². The minimum absolute atomic E-state index is 0.0151. The fourth-order valence-corrected chi connectivity index (χ4v) is 3.53. The molecule has 0 atom stereocenters. The van der Waals surface area contributed by atoms with Crippen LogP contribution in [0.4, 0.5) is 23.5 Å². The third-order valence-corrected chi connectivity index (χ3v) is 5.51. The third kappa shape index (κ3) is 7.25. The Labute approximate surface area is 215 Å². The van der Waals surface area contributed by atoms with Crippen molar-refractivity contribution in [3.05, 3.63) is 101 Å². The van der Waals surface area contributed by atoms with Crippen molar-refractivity contribution < 1.29 is 27.1 Å². The highest BCUT2D eigenvalue weighted by atomic mass is 19.4. The van der Waals surface area contributed by atoms with Crippen molar-refractivity contribution in [3.8, 4) is 17.4 Å². The quantitative estimate of drug-likeness (QED) is 0.282. The molecule has 38 heavy (non-hydrogen) atoms. The lowest BCUT2D eigenvalue weighted by molar-refractivity contribution is -0.154. The Morgan fingerprint density at radius 3 is 2.34 bits per heavy atom. The second-order valence-corrected chi connectivity index (χ2v) is 8.29. The van der Waals surface area contributed by atoms with Crippen LogP contribution in [-0.4, -0.2) is 33.6 Å². The molecular formula is C27H23F4N5O2. The normalized spacial score (nSPS) is 11.2. The molecule has 0 spiro atoms. The fourth-order valence-electron chi connectivity index (χ4n) is 3.53. The number of carbonyl (C=O) groups is 1. The number of halogens is 4. The van der Waals surface area contributed by atoms with Crippen LogP contribution in [0.15, 0.2) is 72.8 Å². The summed E-state index contributed by atoms with van der Waals surface area (Å²) in [5.74, 6) is -0.564. The summed E-state index contributed by atoms with van der Waals surface area (Å²) in [6, 6.07) is 19.2. The van der Waals surface area contributed by atoms with Gasteiger partial charge in [-0.1, -0.05) is 48.5 Å². The minimum Gasteiger partial charge on any atom is -0.454 e. The Morgan fingerprint density at radius 2 is 1.63 bits per heavy atom. The number of nitrogens with zero attached hydrogens (tertiary/aromatic N) is 3. The van der Waals surface area contributed by atoms with Gasteiger partial charge in [0.15, 0.2) is 12.4 Å². The number of alkyl halides is 3.